The van der Waals surface area contributed by atoms with Gasteiger partial charge in [-0.3, -0.25) is 0 Å². The molecule has 0 aliphatic rings. The highest BCUT2D eigenvalue weighted by atomic mass is 127. The molecule has 2 N–H and O–H groups in total. The van der Waals surface area contributed by atoms with Gasteiger partial charge in [0.25, 0.3) is 0 Å². The summed E-state index contributed by atoms with van der Waals surface area (Å²) in [5, 5.41) is 6.56. The molecule has 0 saturated heterocycles. The van der Waals surface area contributed by atoms with Crippen LogP contribution in [-0.2, 0) is 13.1 Å². The van der Waals surface area contributed by atoms with E-state index in [9.17, 15) is 0 Å². The van der Waals surface area contributed by atoms with E-state index in [2.05, 4.69) is 20.6 Å². The summed E-state index contributed by atoms with van der Waals surface area (Å²) in [6.45, 7) is 7.93. The fourth-order valence-electron chi connectivity index (χ4n) is 2.78. The summed E-state index contributed by atoms with van der Waals surface area (Å²) in [5.41, 5.74) is 2.87. The maximum Gasteiger partial charge on any atom is 0.226 e. The second kappa shape index (κ2) is 12.2. The van der Waals surface area contributed by atoms with E-state index in [0.717, 1.165) is 35.1 Å². The second-order valence-corrected chi connectivity index (χ2v) is 6.87. The van der Waals surface area contributed by atoms with Crippen LogP contribution in [0.4, 0.5) is 0 Å². The molecule has 0 atom stereocenters. The zero-order valence-corrected chi connectivity index (χ0v) is 19.9. The van der Waals surface area contributed by atoms with Crippen LogP contribution in [-0.4, -0.2) is 23.6 Å². The monoisotopic (exact) mass is 520 g/mol. The molecule has 1 heterocycles. The minimum atomic E-state index is 0. The minimum absolute atomic E-state index is 0. The third-order valence-electron chi connectivity index (χ3n) is 4.04. The molecular weight excluding hydrogens is 491 g/mol. The number of benzene rings is 2. The normalized spacial score (nSPS) is 11.1. The minimum Gasteiger partial charge on any atom is -0.491 e. The molecule has 0 spiro atoms. The first-order valence-electron chi connectivity index (χ1n) is 9.91. The smallest absolute Gasteiger partial charge is 0.226 e. The summed E-state index contributed by atoms with van der Waals surface area (Å²) >= 11 is 0. The van der Waals surface area contributed by atoms with Crippen LogP contribution in [0, 0.1) is 0 Å². The summed E-state index contributed by atoms with van der Waals surface area (Å²) in [5.74, 6) is 2.21. The predicted molar refractivity (Wildman–Crippen MR) is 131 cm³/mol. The highest BCUT2D eigenvalue weighted by Crippen LogP contribution is 2.18. The molecule has 0 fully saturated rings. The van der Waals surface area contributed by atoms with Crippen LogP contribution in [0.15, 0.2) is 70.3 Å². The third kappa shape index (κ3) is 7.37. The van der Waals surface area contributed by atoms with E-state index in [1.807, 2.05) is 75.4 Å². The summed E-state index contributed by atoms with van der Waals surface area (Å²) in [6.07, 6.45) is 1.82. The number of oxazole rings is 1. The van der Waals surface area contributed by atoms with Crippen LogP contribution < -0.4 is 15.4 Å². The summed E-state index contributed by atoms with van der Waals surface area (Å²) in [7, 11) is 0. The number of aliphatic imine (C=N–C) groups is 1. The summed E-state index contributed by atoms with van der Waals surface area (Å²) in [6, 6.07) is 17.9. The van der Waals surface area contributed by atoms with E-state index in [1.54, 1.807) is 6.26 Å². The van der Waals surface area contributed by atoms with Crippen LogP contribution in [0.1, 0.15) is 32.0 Å². The van der Waals surface area contributed by atoms with Gasteiger partial charge in [0.1, 0.15) is 12.0 Å². The van der Waals surface area contributed by atoms with E-state index in [4.69, 9.17) is 9.15 Å². The maximum atomic E-state index is 5.75. The van der Waals surface area contributed by atoms with Crippen molar-refractivity contribution in [3.05, 3.63) is 72.1 Å². The highest BCUT2D eigenvalue weighted by molar-refractivity contribution is 14.0. The Morgan fingerprint density at radius 1 is 1.10 bits per heavy atom. The van der Waals surface area contributed by atoms with Gasteiger partial charge in [-0.25, -0.2) is 9.98 Å². The molecule has 6 nitrogen and oxygen atoms in total. The van der Waals surface area contributed by atoms with Crippen molar-refractivity contribution in [2.75, 3.05) is 6.54 Å². The molecule has 3 rings (SSSR count). The summed E-state index contributed by atoms with van der Waals surface area (Å²) in [4.78, 5) is 9.21. The molecule has 0 aliphatic heterocycles. The van der Waals surface area contributed by atoms with Crippen molar-refractivity contribution in [2.24, 2.45) is 4.99 Å². The van der Waals surface area contributed by atoms with Crippen molar-refractivity contribution in [1.29, 1.82) is 0 Å². The molecule has 1 aromatic heterocycles. The Balaban J connectivity index is 0.00000320. The molecule has 0 unspecified atom stereocenters. The largest absolute Gasteiger partial charge is 0.491 e. The van der Waals surface area contributed by atoms with Gasteiger partial charge in [0.2, 0.25) is 5.89 Å². The van der Waals surface area contributed by atoms with Gasteiger partial charge in [0.05, 0.1) is 24.9 Å². The van der Waals surface area contributed by atoms with Crippen molar-refractivity contribution < 1.29 is 9.15 Å². The Morgan fingerprint density at radius 2 is 1.90 bits per heavy atom. The number of nitrogens with zero attached hydrogens (tertiary/aromatic N) is 2. The Labute approximate surface area is 195 Å². The first-order chi connectivity index (χ1) is 14.1. The van der Waals surface area contributed by atoms with E-state index in [1.165, 1.54) is 0 Å². The number of aromatic nitrogens is 1. The molecular formula is C23H29IN4O2. The van der Waals surface area contributed by atoms with E-state index in [0.29, 0.717) is 19.0 Å². The fraction of sp³-hybridized carbons (Fsp3) is 0.304. The maximum absolute atomic E-state index is 5.75. The standard InChI is InChI=1S/C23H28N4O2.HI/c1-4-24-23(25-14-18-9-8-12-21(13-18)29-17(2)3)26-15-20-16-28-22(27-20)19-10-6-5-7-11-19;/h5-13,16-17H,4,14-15H2,1-3H3,(H2,24,25,26);1H. The number of halogens is 1. The van der Waals surface area contributed by atoms with Crippen LogP contribution in [0.25, 0.3) is 11.5 Å². The van der Waals surface area contributed by atoms with Crippen LogP contribution >= 0.6 is 24.0 Å². The van der Waals surface area contributed by atoms with Crippen molar-refractivity contribution in [2.45, 2.75) is 40.0 Å². The van der Waals surface area contributed by atoms with Crippen molar-refractivity contribution >= 4 is 29.9 Å². The van der Waals surface area contributed by atoms with Gasteiger partial charge in [-0.15, -0.1) is 24.0 Å². The summed E-state index contributed by atoms with van der Waals surface area (Å²) < 4.78 is 11.3. The lowest BCUT2D eigenvalue weighted by atomic mass is 10.2. The van der Waals surface area contributed by atoms with Gasteiger partial charge in [-0.1, -0.05) is 30.3 Å². The number of ether oxygens (including phenoxy) is 1. The van der Waals surface area contributed by atoms with E-state index in [-0.39, 0.29) is 30.1 Å². The number of hydrogen-bond donors (Lipinski definition) is 2. The van der Waals surface area contributed by atoms with Crippen molar-refractivity contribution in [1.82, 2.24) is 15.6 Å². The molecule has 0 bridgehead atoms. The van der Waals surface area contributed by atoms with Gasteiger partial charge >= 0.3 is 0 Å². The molecule has 7 heteroatoms. The average Bonchev–Trinajstić information content (AvgIpc) is 3.20. The first-order valence-corrected chi connectivity index (χ1v) is 9.91. The van der Waals surface area contributed by atoms with Crippen molar-refractivity contribution in [3.63, 3.8) is 0 Å². The van der Waals surface area contributed by atoms with Crippen LogP contribution in [0.2, 0.25) is 0 Å². The fourth-order valence-corrected chi connectivity index (χ4v) is 2.78. The SMILES string of the molecule is CCNC(=NCc1cccc(OC(C)C)c1)NCc1coc(-c2ccccc2)n1.I. The Hall–Kier alpha value is -2.55. The Kier molecular flexibility index (Phi) is 9.66. The van der Waals surface area contributed by atoms with Gasteiger partial charge in [-0.05, 0) is 50.6 Å². The van der Waals surface area contributed by atoms with Gasteiger partial charge in [-0.2, -0.15) is 0 Å². The molecule has 0 aliphatic carbocycles. The number of nitrogens with one attached hydrogen (secondary N) is 2. The topological polar surface area (TPSA) is 71.7 Å². The number of rotatable bonds is 8. The zero-order chi connectivity index (χ0) is 20.5. The van der Waals surface area contributed by atoms with Crippen LogP contribution in [0.3, 0.4) is 0 Å². The van der Waals surface area contributed by atoms with Gasteiger partial charge in [0.15, 0.2) is 5.96 Å². The van der Waals surface area contributed by atoms with Gasteiger partial charge < -0.3 is 19.8 Å². The second-order valence-electron chi connectivity index (χ2n) is 6.87. The Morgan fingerprint density at radius 3 is 2.63 bits per heavy atom. The predicted octanol–water partition coefficient (Wildman–Crippen LogP) is 5.00. The number of guanidine groups is 1. The molecule has 160 valence electrons. The lowest BCUT2D eigenvalue weighted by Gasteiger charge is -2.12. The molecule has 0 radical (unpaired) electrons. The molecule has 0 saturated carbocycles. The molecule has 2 aromatic carbocycles. The lowest BCUT2D eigenvalue weighted by molar-refractivity contribution is 0.242. The highest BCUT2D eigenvalue weighted by Gasteiger charge is 2.07. The molecule has 3 aromatic rings. The average molecular weight is 520 g/mol. The van der Waals surface area contributed by atoms with E-state index >= 15 is 0 Å². The van der Waals surface area contributed by atoms with Gasteiger partial charge in [0, 0.05) is 12.1 Å². The quantitative estimate of drug-likeness (QED) is 0.249. The van der Waals surface area contributed by atoms with E-state index < -0.39 is 0 Å². The molecule has 30 heavy (non-hydrogen) atoms. The molecule has 0 amide bonds. The lowest BCUT2D eigenvalue weighted by Crippen LogP contribution is -2.36. The Bertz CT molecular complexity index is 926. The third-order valence-corrected chi connectivity index (χ3v) is 4.04. The zero-order valence-electron chi connectivity index (χ0n) is 17.6. The van der Waals surface area contributed by atoms with Crippen molar-refractivity contribution in [3.8, 4) is 17.2 Å². The van der Waals surface area contributed by atoms with Crippen LogP contribution in [0.5, 0.6) is 5.75 Å². The number of hydrogen-bond acceptors (Lipinski definition) is 4. The first kappa shape index (κ1) is 23.7.